The van der Waals surface area contributed by atoms with E-state index >= 15 is 0 Å². The van der Waals surface area contributed by atoms with Gasteiger partial charge in [-0.25, -0.2) is 8.42 Å². The van der Waals surface area contributed by atoms with Crippen molar-refractivity contribution >= 4 is 21.6 Å². The number of hydrogen-bond acceptors (Lipinski definition) is 3. The molecule has 6 heteroatoms. The summed E-state index contributed by atoms with van der Waals surface area (Å²) in [6.07, 6.45) is 1.88. The Morgan fingerprint density at radius 3 is 2.62 bits per heavy atom. The fourth-order valence-electron chi connectivity index (χ4n) is 2.00. The molecule has 94 valence electrons. The van der Waals surface area contributed by atoms with Crippen LogP contribution in [0.1, 0.15) is 19.8 Å². The van der Waals surface area contributed by atoms with E-state index in [2.05, 4.69) is 0 Å². The minimum atomic E-state index is -3.10. The van der Waals surface area contributed by atoms with E-state index in [1.165, 1.54) is 0 Å². The molecule has 0 N–H and O–H groups in total. The highest BCUT2D eigenvalue weighted by Crippen LogP contribution is 2.31. The van der Waals surface area contributed by atoms with Crippen LogP contribution in [-0.4, -0.2) is 49.7 Å². The topological polar surface area (TPSA) is 46.6 Å². The maximum absolute atomic E-state index is 12.1. The van der Waals surface area contributed by atoms with Gasteiger partial charge in [0.05, 0.1) is 18.0 Å². The van der Waals surface area contributed by atoms with Crippen LogP contribution < -0.4 is 0 Å². The van der Waals surface area contributed by atoms with E-state index in [1.807, 2.05) is 6.92 Å². The second-order valence-electron chi connectivity index (χ2n) is 4.76. The summed E-state index contributed by atoms with van der Waals surface area (Å²) in [5, 5.41) is 0. The fraction of sp³-hybridized carbons (Fsp3) is 1.00. The van der Waals surface area contributed by atoms with E-state index in [4.69, 9.17) is 16.3 Å². The average Bonchev–Trinajstić information content (AvgIpc) is 3.00. The van der Waals surface area contributed by atoms with Crippen LogP contribution in [0.15, 0.2) is 0 Å². The van der Waals surface area contributed by atoms with Crippen LogP contribution >= 0.6 is 11.6 Å². The van der Waals surface area contributed by atoms with Crippen molar-refractivity contribution in [1.29, 1.82) is 0 Å². The van der Waals surface area contributed by atoms with Gasteiger partial charge in [-0.1, -0.05) is 0 Å². The Balaban J connectivity index is 2.01. The molecule has 1 saturated heterocycles. The van der Waals surface area contributed by atoms with E-state index in [1.54, 1.807) is 4.31 Å². The third-order valence-electron chi connectivity index (χ3n) is 3.00. The molecule has 16 heavy (non-hydrogen) atoms. The van der Waals surface area contributed by atoms with Gasteiger partial charge in [0.25, 0.3) is 0 Å². The number of ether oxygens (including phenoxy) is 1. The van der Waals surface area contributed by atoms with Crippen molar-refractivity contribution in [3.8, 4) is 0 Å². The molecule has 0 aromatic heterocycles. The lowest BCUT2D eigenvalue weighted by Crippen LogP contribution is -2.50. The Bertz CT molecular complexity index is 342. The van der Waals surface area contributed by atoms with Gasteiger partial charge >= 0.3 is 0 Å². The van der Waals surface area contributed by atoms with Crippen LogP contribution in [-0.2, 0) is 14.8 Å². The largest absolute Gasteiger partial charge is 0.371 e. The summed E-state index contributed by atoms with van der Waals surface area (Å²) in [7, 11) is -3.10. The molecule has 2 aliphatic rings. The molecule has 2 rings (SSSR count). The van der Waals surface area contributed by atoms with Crippen LogP contribution in [0.25, 0.3) is 0 Å². The highest BCUT2D eigenvalue weighted by atomic mass is 35.5. The van der Waals surface area contributed by atoms with E-state index < -0.39 is 10.0 Å². The predicted octanol–water partition coefficient (Wildman–Crippen LogP) is 1.05. The molecule has 1 aliphatic carbocycles. The Morgan fingerprint density at radius 1 is 1.38 bits per heavy atom. The molecule has 2 fully saturated rings. The van der Waals surface area contributed by atoms with Crippen molar-refractivity contribution in [2.75, 3.05) is 24.7 Å². The second kappa shape index (κ2) is 4.80. The first kappa shape index (κ1) is 12.6. The van der Waals surface area contributed by atoms with Crippen molar-refractivity contribution in [3.05, 3.63) is 0 Å². The Hall–Kier alpha value is 0.160. The zero-order chi connectivity index (χ0) is 11.8. The number of alkyl halides is 1. The minimum Gasteiger partial charge on any atom is -0.371 e. The van der Waals surface area contributed by atoms with Gasteiger partial charge in [-0.15, -0.1) is 11.6 Å². The van der Waals surface area contributed by atoms with Gasteiger partial charge in [-0.2, -0.15) is 4.31 Å². The minimum absolute atomic E-state index is 0.0634. The molecule has 0 aromatic carbocycles. The maximum atomic E-state index is 12.1. The SMILES string of the molecule is CC1CN(S(=O)(=O)CC2CC2)CC(CCl)O1. The summed E-state index contributed by atoms with van der Waals surface area (Å²) in [6.45, 7) is 2.75. The van der Waals surface area contributed by atoms with Gasteiger partial charge in [0.1, 0.15) is 0 Å². The molecule has 0 amide bonds. The third-order valence-corrected chi connectivity index (χ3v) is 5.32. The molecule has 1 saturated carbocycles. The number of rotatable bonds is 4. The fourth-order valence-corrected chi connectivity index (χ4v) is 4.14. The zero-order valence-electron chi connectivity index (χ0n) is 9.43. The highest BCUT2D eigenvalue weighted by Gasteiger charge is 2.36. The van der Waals surface area contributed by atoms with Crippen LogP contribution in [0.5, 0.6) is 0 Å². The third kappa shape index (κ3) is 3.09. The van der Waals surface area contributed by atoms with Crippen molar-refractivity contribution in [2.24, 2.45) is 5.92 Å². The maximum Gasteiger partial charge on any atom is 0.214 e. The first-order valence-electron chi connectivity index (χ1n) is 5.70. The average molecular weight is 268 g/mol. The lowest BCUT2D eigenvalue weighted by atomic mass is 10.3. The first-order chi connectivity index (χ1) is 7.51. The summed E-state index contributed by atoms with van der Waals surface area (Å²) >= 11 is 5.73. The van der Waals surface area contributed by atoms with Gasteiger partial charge in [0.2, 0.25) is 10.0 Å². The number of halogens is 1. The Morgan fingerprint density at radius 2 is 2.06 bits per heavy atom. The summed E-state index contributed by atoms with van der Waals surface area (Å²) in [6, 6.07) is 0. The lowest BCUT2D eigenvalue weighted by Gasteiger charge is -2.35. The van der Waals surface area contributed by atoms with E-state index in [-0.39, 0.29) is 12.2 Å². The molecule has 2 atom stereocenters. The zero-order valence-corrected chi connectivity index (χ0v) is 11.0. The molecule has 2 unspecified atom stereocenters. The first-order valence-corrected chi connectivity index (χ1v) is 7.85. The van der Waals surface area contributed by atoms with E-state index in [0.717, 1.165) is 12.8 Å². The lowest BCUT2D eigenvalue weighted by molar-refractivity contribution is -0.0423. The normalized spacial score (nSPS) is 32.9. The molecule has 1 heterocycles. The number of sulfonamides is 1. The predicted molar refractivity (Wildman–Crippen MR) is 63.1 cm³/mol. The molecule has 0 radical (unpaired) electrons. The van der Waals surface area contributed by atoms with Crippen molar-refractivity contribution in [3.63, 3.8) is 0 Å². The van der Waals surface area contributed by atoms with Crippen molar-refractivity contribution < 1.29 is 13.2 Å². The molecule has 0 bridgehead atoms. The highest BCUT2D eigenvalue weighted by molar-refractivity contribution is 7.89. The number of morpholine rings is 1. The van der Waals surface area contributed by atoms with Gasteiger partial charge in [-0.3, -0.25) is 0 Å². The molecule has 4 nitrogen and oxygen atoms in total. The molecular weight excluding hydrogens is 250 g/mol. The number of nitrogens with zero attached hydrogens (tertiary/aromatic N) is 1. The summed E-state index contributed by atoms with van der Waals surface area (Å²) in [5.74, 6) is 1.03. The summed E-state index contributed by atoms with van der Waals surface area (Å²) in [4.78, 5) is 0. The van der Waals surface area contributed by atoms with E-state index in [9.17, 15) is 8.42 Å². The van der Waals surface area contributed by atoms with Crippen LogP contribution in [0.2, 0.25) is 0 Å². The van der Waals surface area contributed by atoms with E-state index in [0.29, 0.717) is 30.6 Å². The van der Waals surface area contributed by atoms with Gasteiger partial charge < -0.3 is 4.74 Å². The van der Waals surface area contributed by atoms with Gasteiger partial charge in [0, 0.05) is 19.0 Å². The van der Waals surface area contributed by atoms with Gasteiger partial charge in [-0.05, 0) is 25.7 Å². The van der Waals surface area contributed by atoms with Crippen molar-refractivity contribution in [2.45, 2.75) is 32.0 Å². The smallest absolute Gasteiger partial charge is 0.214 e. The Kier molecular flexibility index (Phi) is 3.79. The summed E-state index contributed by atoms with van der Waals surface area (Å²) < 4.78 is 31.2. The molecular formula is C10H18ClNO3S. The molecule has 1 aliphatic heterocycles. The van der Waals surface area contributed by atoms with Crippen LogP contribution in [0.4, 0.5) is 0 Å². The number of hydrogen-bond donors (Lipinski definition) is 0. The Labute approximate surface area is 102 Å². The molecule has 0 spiro atoms. The van der Waals surface area contributed by atoms with Gasteiger partial charge in [0.15, 0.2) is 0 Å². The van der Waals surface area contributed by atoms with Crippen molar-refractivity contribution in [1.82, 2.24) is 4.31 Å². The van der Waals surface area contributed by atoms with Crippen LogP contribution in [0, 0.1) is 5.92 Å². The van der Waals surface area contributed by atoms with Crippen LogP contribution in [0.3, 0.4) is 0 Å². The summed E-state index contributed by atoms with van der Waals surface area (Å²) in [5.41, 5.74) is 0. The quantitative estimate of drug-likeness (QED) is 0.716. The molecule has 0 aromatic rings. The standard InChI is InChI=1S/C10H18ClNO3S/c1-8-5-12(6-10(4-11)15-8)16(13,14)7-9-2-3-9/h8-10H,2-7H2,1H3. The monoisotopic (exact) mass is 267 g/mol. The second-order valence-corrected chi connectivity index (χ2v) is 7.08.